The molecular weight excluding hydrogens is 403 g/mol. The van der Waals surface area contributed by atoms with Crippen molar-refractivity contribution in [3.8, 4) is 0 Å². The Morgan fingerprint density at radius 2 is 2.11 bits per heavy atom. The number of aliphatic imine (C=N–C) groups is 1. The van der Waals surface area contributed by atoms with E-state index >= 15 is 0 Å². The van der Waals surface area contributed by atoms with E-state index in [2.05, 4.69) is 15.1 Å². The average Bonchev–Trinajstić information content (AvgIpc) is 3.08. The summed E-state index contributed by atoms with van der Waals surface area (Å²) in [5.74, 6) is 0. The zero-order valence-corrected chi connectivity index (χ0v) is 15.7. The van der Waals surface area contributed by atoms with E-state index in [1.165, 1.54) is 21.8 Å². The van der Waals surface area contributed by atoms with E-state index in [-0.39, 0.29) is 23.0 Å². The lowest BCUT2D eigenvalue weighted by molar-refractivity contribution is -0.141. The molecule has 0 fully saturated rings. The first-order valence-corrected chi connectivity index (χ1v) is 8.81. The standard InChI is InChI=1S/C16H13ClF3N5OS/c1-9-11(4-3-5-21-2)25-14(26)6-10(22-15(25)27-9)8-24-13(17)7-12(23-24)16(18,19)20/h3-7H,8H2,1-2H3. The zero-order valence-electron chi connectivity index (χ0n) is 14.2. The van der Waals surface area contributed by atoms with Crippen molar-refractivity contribution < 1.29 is 13.2 Å². The third-order valence-electron chi connectivity index (χ3n) is 3.61. The Balaban J connectivity index is 2.01. The summed E-state index contributed by atoms with van der Waals surface area (Å²) >= 11 is 7.13. The Morgan fingerprint density at radius 3 is 2.74 bits per heavy atom. The van der Waals surface area contributed by atoms with Gasteiger partial charge in [-0.1, -0.05) is 11.6 Å². The van der Waals surface area contributed by atoms with E-state index in [0.29, 0.717) is 10.7 Å². The quantitative estimate of drug-likeness (QED) is 0.610. The Kier molecular flexibility index (Phi) is 5.20. The van der Waals surface area contributed by atoms with Crippen molar-refractivity contribution in [3.05, 3.63) is 55.7 Å². The number of hydrogen-bond acceptors (Lipinski definition) is 5. The van der Waals surface area contributed by atoms with Crippen molar-refractivity contribution in [1.82, 2.24) is 19.2 Å². The maximum Gasteiger partial charge on any atom is 0.435 e. The molecule has 0 atom stereocenters. The number of thiazole rings is 1. The van der Waals surface area contributed by atoms with Gasteiger partial charge in [-0.05, 0) is 19.1 Å². The summed E-state index contributed by atoms with van der Waals surface area (Å²) in [6, 6.07) is 2.00. The summed E-state index contributed by atoms with van der Waals surface area (Å²) in [6.45, 7) is 1.70. The van der Waals surface area contributed by atoms with Crippen LogP contribution in [0.2, 0.25) is 5.15 Å². The topological polar surface area (TPSA) is 64.5 Å². The van der Waals surface area contributed by atoms with Gasteiger partial charge < -0.3 is 0 Å². The van der Waals surface area contributed by atoms with E-state index in [4.69, 9.17) is 11.6 Å². The molecule has 3 aromatic rings. The summed E-state index contributed by atoms with van der Waals surface area (Å²) < 4.78 is 40.6. The molecule has 3 rings (SSSR count). The van der Waals surface area contributed by atoms with E-state index in [1.54, 1.807) is 25.4 Å². The van der Waals surface area contributed by atoms with Gasteiger partial charge in [0.15, 0.2) is 10.7 Å². The highest BCUT2D eigenvalue weighted by atomic mass is 35.5. The Labute approximate surface area is 160 Å². The zero-order chi connectivity index (χ0) is 19.8. The molecule has 0 spiro atoms. The minimum atomic E-state index is -4.60. The molecular formula is C16H13ClF3N5OS. The van der Waals surface area contributed by atoms with Crippen molar-refractivity contribution in [2.45, 2.75) is 19.6 Å². The lowest BCUT2D eigenvalue weighted by Crippen LogP contribution is -2.17. The van der Waals surface area contributed by atoms with E-state index in [9.17, 15) is 18.0 Å². The molecule has 0 saturated heterocycles. The van der Waals surface area contributed by atoms with Gasteiger partial charge in [0.2, 0.25) is 0 Å². The number of aryl methyl sites for hydroxylation is 1. The van der Waals surface area contributed by atoms with Crippen LogP contribution in [0.15, 0.2) is 28.0 Å². The molecule has 0 amide bonds. The summed E-state index contributed by atoms with van der Waals surface area (Å²) in [6.07, 6.45) is 0.443. The van der Waals surface area contributed by atoms with Gasteiger partial charge in [-0.2, -0.15) is 18.3 Å². The maximum atomic E-state index is 12.7. The number of allylic oxidation sites excluding steroid dienone is 1. The first-order chi connectivity index (χ1) is 12.7. The normalized spacial score (nSPS) is 12.8. The number of alkyl halides is 3. The number of rotatable bonds is 4. The second kappa shape index (κ2) is 7.28. The fourth-order valence-electron chi connectivity index (χ4n) is 2.43. The molecule has 0 radical (unpaired) electrons. The second-order valence-corrected chi connectivity index (χ2v) is 7.09. The Morgan fingerprint density at radius 1 is 1.37 bits per heavy atom. The molecule has 0 bridgehead atoms. The molecule has 142 valence electrons. The van der Waals surface area contributed by atoms with Crippen LogP contribution in [-0.2, 0) is 12.7 Å². The van der Waals surface area contributed by atoms with E-state index in [1.807, 2.05) is 6.92 Å². The van der Waals surface area contributed by atoms with Crippen LogP contribution in [0.3, 0.4) is 0 Å². The average molecular weight is 416 g/mol. The lowest BCUT2D eigenvalue weighted by Gasteiger charge is -2.04. The predicted octanol–water partition coefficient (Wildman–Crippen LogP) is 3.70. The number of fused-ring (bicyclic) bond motifs is 1. The van der Waals surface area contributed by atoms with Crippen LogP contribution >= 0.6 is 22.9 Å². The molecule has 3 aromatic heterocycles. The minimum absolute atomic E-state index is 0.148. The van der Waals surface area contributed by atoms with Crippen LogP contribution in [0, 0.1) is 6.92 Å². The third-order valence-corrected chi connectivity index (χ3v) is 4.89. The van der Waals surface area contributed by atoms with Crippen LogP contribution in [0.5, 0.6) is 0 Å². The second-order valence-electron chi connectivity index (χ2n) is 5.52. The van der Waals surface area contributed by atoms with Gasteiger partial charge in [0.25, 0.3) is 5.56 Å². The van der Waals surface area contributed by atoms with Gasteiger partial charge >= 0.3 is 6.18 Å². The van der Waals surface area contributed by atoms with Gasteiger partial charge in [-0.3, -0.25) is 14.2 Å². The van der Waals surface area contributed by atoms with Gasteiger partial charge in [-0.25, -0.2) is 9.67 Å². The van der Waals surface area contributed by atoms with Crippen LogP contribution in [0.25, 0.3) is 11.0 Å². The molecule has 0 aliphatic rings. The Bertz CT molecular complexity index is 1110. The smallest absolute Gasteiger partial charge is 0.297 e. The molecule has 0 N–H and O–H groups in total. The van der Waals surface area contributed by atoms with Crippen LogP contribution in [0.1, 0.15) is 22.0 Å². The third kappa shape index (κ3) is 3.96. The highest BCUT2D eigenvalue weighted by Crippen LogP contribution is 2.30. The fraction of sp³-hybridized carbons (Fsp3) is 0.250. The molecule has 0 aliphatic heterocycles. The number of halogens is 4. The van der Waals surface area contributed by atoms with Crippen molar-refractivity contribution in [2.75, 3.05) is 7.05 Å². The van der Waals surface area contributed by atoms with Crippen molar-refractivity contribution in [1.29, 1.82) is 0 Å². The van der Waals surface area contributed by atoms with Crippen molar-refractivity contribution >= 4 is 40.2 Å². The first kappa shape index (κ1) is 19.3. The summed E-state index contributed by atoms with van der Waals surface area (Å²) in [4.78, 5) is 22.0. The molecule has 0 aliphatic carbocycles. The molecule has 27 heavy (non-hydrogen) atoms. The van der Waals surface area contributed by atoms with Gasteiger partial charge in [0, 0.05) is 30.3 Å². The molecule has 3 heterocycles. The predicted molar refractivity (Wildman–Crippen MR) is 98.9 cm³/mol. The Hall–Kier alpha value is -2.46. The minimum Gasteiger partial charge on any atom is -0.297 e. The molecule has 0 unspecified atom stereocenters. The van der Waals surface area contributed by atoms with Crippen LogP contribution in [0.4, 0.5) is 13.2 Å². The van der Waals surface area contributed by atoms with Crippen molar-refractivity contribution in [2.24, 2.45) is 4.99 Å². The van der Waals surface area contributed by atoms with Crippen molar-refractivity contribution in [3.63, 3.8) is 0 Å². The largest absolute Gasteiger partial charge is 0.435 e. The van der Waals surface area contributed by atoms with Gasteiger partial charge in [0.05, 0.1) is 17.9 Å². The number of nitrogens with zero attached hydrogens (tertiary/aromatic N) is 5. The number of hydrogen-bond donors (Lipinski definition) is 0. The van der Waals surface area contributed by atoms with Crippen LogP contribution in [-0.4, -0.2) is 32.4 Å². The monoisotopic (exact) mass is 415 g/mol. The SMILES string of the molecule is CN=CC=Cc1c(C)sc2nc(Cn3nc(C(F)(F)F)cc3Cl)cc(=O)n12. The first-order valence-electron chi connectivity index (χ1n) is 7.62. The highest BCUT2D eigenvalue weighted by Gasteiger charge is 2.34. The lowest BCUT2D eigenvalue weighted by atomic mass is 10.3. The molecule has 11 heteroatoms. The summed E-state index contributed by atoms with van der Waals surface area (Å²) in [5, 5.41) is 3.26. The molecule has 0 aromatic carbocycles. The molecule has 0 saturated carbocycles. The fourth-order valence-corrected chi connectivity index (χ4v) is 3.61. The van der Waals surface area contributed by atoms with E-state index < -0.39 is 11.9 Å². The van der Waals surface area contributed by atoms with Crippen LogP contribution < -0.4 is 5.56 Å². The maximum absolute atomic E-state index is 12.7. The summed E-state index contributed by atoms with van der Waals surface area (Å²) in [7, 11) is 1.63. The number of aromatic nitrogens is 4. The highest BCUT2D eigenvalue weighted by molar-refractivity contribution is 7.17. The van der Waals surface area contributed by atoms with E-state index in [0.717, 1.165) is 15.6 Å². The van der Waals surface area contributed by atoms with Gasteiger partial charge in [0.1, 0.15) is 5.15 Å². The molecule has 6 nitrogen and oxygen atoms in total. The summed E-state index contributed by atoms with van der Waals surface area (Å²) in [5.41, 5.74) is -0.491. The van der Waals surface area contributed by atoms with Gasteiger partial charge in [-0.15, -0.1) is 11.3 Å².